The van der Waals surface area contributed by atoms with Gasteiger partial charge in [-0.15, -0.1) is 0 Å². The predicted octanol–water partition coefficient (Wildman–Crippen LogP) is 3.21. The van der Waals surface area contributed by atoms with Crippen LogP contribution in [0.4, 0.5) is 0 Å². The van der Waals surface area contributed by atoms with Gasteiger partial charge in [0.05, 0.1) is 11.3 Å². The third-order valence-electron chi connectivity index (χ3n) is 4.08. The first-order valence-electron chi connectivity index (χ1n) is 6.50. The Labute approximate surface area is 103 Å². The van der Waals surface area contributed by atoms with Crippen molar-refractivity contribution < 1.29 is 9.53 Å². The van der Waals surface area contributed by atoms with Gasteiger partial charge in [-0.05, 0) is 37.8 Å². The number of nitrogens with zero attached hydrogens (tertiary/aromatic N) is 1. The van der Waals surface area contributed by atoms with Crippen molar-refractivity contribution in [3.63, 3.8) is 0 Å². The molecule has 0 bridgehead atoms. The smallest absolute Gasteiger partial charge is 0.166 e. The van der Waals surface area contributed by atoms with Crippen molar-refractivity contribution in [3.05, 3.63) is 24.0 Å². The molecule has 0 aromatic carbocycles. The van der Waals surface area contributed by atoms with Crippen LogP contribution < -0.4 is 0 Å². The van der Waals surface area contributed by atoms with Crippen LogP contribution in [0.3, 0.4) is 0 Å². The van der Waals surface area contributed by atoms with E-state index in [1.54, 1.807) is 0 Å². The highest BCUT2D eigenvalue weighted by atomic mass is 16.5. The highest BCUT2D eigenvalue weighted by Gasteiger charge is 2.35. The van der Waals surface area contributed by atoms with Gasteiger partial charge in [0.15, 0.2) is 6.29 Å². The number of rotatable bonds is 4. The zero-order chi connectivity index (χ0) is 12.3. The minimum Gasteiger partial charge on any atom is -0.375 e. The van der Waals surface area contributed by atoms with Crippen LogP contribution in [0.25, 0.3) is 0 Å². The second-order valence-corrected chi connectivity index (χ2v) is 4.84. The quantitative estimate of drug-likeness (QED) is 0.750. The van der Waals surface area contributed by atoms with Crippen molar-refractivity contribution in [3.8, 4) is 0 Å². The van der Waals surface area contributed by atoms with Crippen molar-refractivity contribution in [1.82, 2.24) is 4.57 Å². The summed E-state index contributed by atoms with van der Waals surface area (Å²) in [5.41, 5.74) is 0.783. The maximum absolute atomic E-state index is 11.0. The molecule has 17 heavy (non-hydrogen) atoms. The number of aldehydes is 1. The summed E-state index contributed by atoms with van der Waals surface area (Å²) < 4.78 is 8.07. The van der Waals surface area contributed by atoms with E-state index in [4.69, 9.17) is 4.74 Å². The van der Waals surface area contributed by atoms with Crippen molar-refractivity contribution >= 4 is 6.29 Å². The number of aromatic nitrogens is 1. The molecule has 1 atom stereocenters. The average molecular weight is 235 g/mol. The first-order chi connectivity index (χ1) is 8.24. The van der Waals surface area contributed by atoms with Gasteiger partial charge < -0.3 is 9.30 Å². The van der Waals surface area contributed by atoms with Crippen LogP contribution >= 0.6 is 0 Å². The Morgan fingerprint density at radius 2 is 2.29 bits per heavy atom. The van der Waals surface area contributed by atoms with E-state index in [0.717, 1.165) is 44.3 Å². The van der Waals surface area contributed by atoms with Gasteiger partial charge in [0.25, 0.3) is 0 Å². The summed E-state index contributed by atoms with van der Waals surface area (Å²) in [6.07, 6.45) is 7.03. The lowest BCUT2D eigenvalue weighted by atomic mass is 9.86. The summed E-state index contributed by atoms with van der Waals surface area (Å²) in [7, 11) is 0. The third-order valence-corrected chi connectivity index (χ3v) is 4.08. The standard InChI is InChI=1S/C14H21NO2/c1-3-14(4-2)10-12(7-9-17-14)15-8-5-6-13(15)11-16/h5-6,8,11-12H,3-4,7,9-10H2,1-2H3. The number of carbonyl (C=O) groups is 1. The Morgan fingerprint density at radius 3 is 2.94 bits per heavy atom. The molecule has 0 aliphatic carbocycles. The molecule has 1 aromatic heterocycles. The maximum atomic E-state index is 11.0. The molecule has 2 heterocycles. The molecule has 1 fully saturated rings. The SMILES string of the molecule is CCC1(CC)CC(n2cccc2C=O)CCO1. The van der Waals surface area contributed by atoms with Crippen LogP contribution in [0.1, 0.15) is 56.1 Å². The van der Waals surface area contributed by atoms with Crippen LogP contribution in [0.5, 0.6) is 0 Å². The van der Waals surface area contributed by atoms with E-state index < -0.39 is 0 Å². The van der Waals surface area contributed by atoms with Crippen LogP contribution in [-0.2, 0) is 4.74 Å². The minimum absolute atomic E-state index is 0.00728. The largest absolute Gasteiger partial charge is 0.375 e. The van der Waals surface area contributed by atoms with E-state index in [0.29, 0.717) is 6.04 Å². The lowest BCUT2D eigenvalue weighted by Gasteiger charge is -2.40. The molecule has 0 radical (unpaired) electrons. The van der Waals surface area contributed by atoms with Gasteiger partial charge in [0.2, 0.25) is 0 Å². The Morgan fingerprint density at radius 1 is 1.53 bits per heavy atom. The normalized spacial score (nSPS) is 23.5. The zero-order valence-electron chi connectivity index (χ0n) is 10.7. The van der Waals surface area contributed by atoms with Crippen molar-refractivity contribution in [2.75, 3.05) is 6.61 Å². The van der Waals surface area contributed by atoms with Crippen LogP contribution in [0.2, 0.25) is 0 Å². The van der Waals surface area contributed by atoms with Gasteiger partial charge in [-0.3, -0.25) is 4.79 Å². The van der Waals surface area contributed by atoms with Crippen LogP contribution in [0, 0.1) is 0 Å². The second-order valence-electron chi connectivity index (χ2n) is 4.84. The number of hydrogen-bond acceptors (Lipinski definition) is 2. The van der Waals surface area contributed by atoms with Crippen LogP contribution in [-0.4, -0.2) is 23.1 Å². The molecule has 94 valence electrons. The average Bonchev–Trinajstić information content (AvgIpc) is 2.87. The summed E-state index contributed by atoms with van der Waals surface area (Å²) in [6.45, 7) is 5.16. The van der Waals surface area contributed by atoms with Gasteiger partial charge in [-0.2, -0.15) is 0 Å². The summed E-state index contributed by atoms with van der Waals surface area (Å²) in [5, 5.41) is 0. The fourth-order valence-electron chi connectivity index (χ4n) is 2.82. The Bertz CT molecular complexity index is 379. The molecule has 1 unspecified atom stereocenters. The second kappa shape index (κ2) is 5.05. The van der Waals surface area contributed by atoms with Crippen LogP contribution in [0.15, 0.2) is 18.3 Å². The van der Waals surface area contributed by atoms with Gasteiger partial charge >= 0.3 is 0 Å². The van der Waals surface area contributed by atoms with Gasteiger partial charge in [0, 0.05) is 18.8 Å². The third kappa shape index (κ3) is 2.29. The fourth-order valence-corrected chi connectivity index (χ4v) is 2.82. The first kappa shape index (κ1) is 12.4. The molecule has 0 amide bonds. The van der Waals surface area contributed by atoms with E-state index in [9.17, 15) is 4.79 Å². The molecular weight excluding hydrogens is 214 g/mol. The molecule has 1 aliphatic rings. The van der Waals surface area contributed by atoms with E-state index in [1.807, 2.05) is 18.3 Å². The monoisotopic (exact) mass is 235 g/mol. The summed E-state index contributed by atoms with van der Waals surface area (Å²) in [4.78, 5) is 11.0. The minimum atomic E-state index is 0.00728. The highest BCUT2D eigenvalue weighted by molar-refractivity contribution is 5.72. The van der Waals surface area contributed by atoms with E-state index in [-0.39, 0.29) is 5.60 Å². The highest BCUT2D eigenvalue weighted by Crippen LogP contribution is 2.37. The number of ether oxygens (including phenoxy) is 1. The molecule has 2 rings (SSSR count). The number of hydrogen-bond donors (Lipinski definition) is 0. The molecule has 0 N–H and O–H groups in total. The van der Waals surface area contributed by atoms with E-state index >= 15 is 0 Å². The lowest BCUT2D eigenvalue weighted by Crippen LogP contribution is -2.39. The molecule has 1 aliphatic heterocycles. The molecule has 0 spiro atoms. The Kier molecular flexibility index (Phi) is 3.67. The Balaban J connectivity index is 2.20. The molecule has 1 saturated heterocycles. The molecule has 0 saturated carbocycles. The fraction of sp³-hybridized carbons (Fsp3) is 0.643. The first-order valence-corrected chi connectivity index (χ1v) is 6.50. The maximum Gasteiger partial charge on any atom is 0.166 e. The summed E-state index contributed by atoms with van der Waals surface area (Å²) in [5.74, 6) is 0. The van der Waals surface area contributed by atoms with E-state index in [1.165, 1.54) is 0 Å². The van der Waals surface area contributed by atoms with Crippen molar-refractivity contribution in [1.29, 1.82) is 0 Å². The molecule has 3 nitrogen and oxygen atoms in total. The Hall–Kier alpha value is -1.09. The van der Waals surface area contributed by atoms with E-state index in [2.05, 4.69) is 18.4 Å². The molecular formula is C14H21NO2. The topological polar surface area (TPSA) is 31.2 Å². The summed E-state index contributed by atoms with van der Waals surface area (Å²) in [6, 6.07) is 4.22. The summed E-state index contributed by atoms with van der Waals surface area (Å²) >= 11 is 0. The van der Waals surface area contributed by atoms with Crippen molar-refractivity contribution in [2.24, 2.45) is 0 Å². The van der Waals surface area contributed by atoms with Gasteiger partial charge in [-0.25, -0.2) is 0 Å². The molecule has 3 heteroatoms. The predicted molar refractivity (Wildman–Crippen MR) is 67.4 cm³/mol. The number of carbonyl (C=O) groups excluding carboxylic acids is 1. The lowest BCUT2D eigenvalue weighted by molar-refractivity contribution is -0.0987. The zero-order valence-corrected chi connectivity index (χ0v) is 10.7. The molecule has 1 aromatic rings. The van der Waals surface area contributed by atoms with Gasteiger partial charge in [-0.1, -0.05) is 13.8 Å². The van der Waals surface area contributed by atoms with Gasteiger partial charge in [0.1, 0.15) is 0 Å². The van der Waals surface area contributed by atoms with Crippen molar-refractivity contribution in [2.45, 2.75) is 51.2 Å².